The number of amides is 1. The Morgan fingerprint density at radius 2 is 1.86 bits per heavy atom. The largest absolute Gasteiger partial charge is 0.339 e. The molecule has 8 heteroatoms. The van der Waals surface area contributed by atoms with Gasteiger partial charge >= 0.3 is 0 Å². The number of halogens is 1. The fourth-order valence-corrected chi connectivity index (χ4v) is 3.70. The van der Waals surface area contributed by atoms with Crippen molar-refractivity contribution in [2.24, 2.45) is 5.92 Å². The normalized spacial score (nSPS) is 15.0. The van der Waals surface area contributed by atoms with Gasteiger partial charge in [-0.1, -0.05) is 15.9 Å². The Labute approximate surface area is 170 Å². The van der Waals surface area contributed by atoms with E-state index in [-0.39, 0.29) is 11.5 Å². The van der Waals surface area contributed by atoms with Crippen LogP contribution in [0.25, 0.3) is 5.82 Å². The number of hydrogen-bond donors (Lipinski definition) is 0. The van der Waals surface area contributed by atoms with Crippen LogP contribution in [0.5, 0.6) is 0 Å². The summed E-state index contributed by atoms with van der Waals surface area (Å²) in [5, 5.41) is 8.60. The first-order valence-corrected chi connectivity index (χ1v) is 10.0. The van der Waals surface area contributed by atoms with Crippen LogP contribution < -0.4 is 5.56 Å². The van der Waals surface area contributed by atoms with Gasteiger partial charge in [0.15, 0.2) is 5.82 Å². The van der Waals surface area contributed by atoms with E-state index < -0.39 is 0 Å². The Hall–Kier alpha value is -2.74. The molecule has 0 unspecified atom stereocenters. The van der Waals surface area contributed by atoms with Gasteiger partial charge in [-0.3, -0.25) is 9.59 Å². The van der Waals surface area contributed by atoms with E-state index in [4.69, 9.17) is 0 Å². The van der Waals surface area contributed by atoms with Crippen LogP contribution in [0.1, 0.15) is 23.2 Å². The number of nitrogens with zero attached hydrogens (tertiary/aromatic N) is 5. The molecule has 0 bridgehead atoms. The van der Waals surface area contributed by atoms with Gasteiger partial charge in [0.1, 0.15) is 0 Å². The van der Waals surface area contributed by atoms with Gasteiger partial charge in [-0.15, -0.1) is 5.10 Å². The summed E-state index contributed by atoms with van der Waals surface area (Å²) >= 11 is 3.39. The van der Waals surface area contributed by atoms with E-state index >= 15 is 0 Å². The summed E-state index contributed by atoms with van der Waals surface area (Å²) in [6, 6.07) is 12.4. The zero-order valence-corrected chi connectivity index (χ0v) is 16.8. The first-order valence-electron chi connectivity index (χ1n) is 9.23. The van der Waals surface area contributed by atoms with Crippen molar-refractivity contribution < 1.29 is 4.79 Å². The highest BCUT2D eigenvalue weighted by Gasteiger charge is 2.24. The Morgan fingerprint density at radius 3 is 2.54 bits per heavy atom. The lowest BCUT2D eigenvalue weighted by atomic mass is 9.96. The number of aromatic nitrogens is 4. The molecule has 0 atom stereocenters. The topological polar surface area (TPSA) is 73.0 Å². The lowest BCUT2D eigenvalue weighted by Crippen LogP contribution is -2.40. The van der Waals surface area contributed by atoms with Crippen LogP contribution >= 0.6 is 15.9 Å². The summed E-state index contributed by atoms with van der Waals surface area (Å²) in [6.07, 6.45) is 5.17. The molecule has 4 rings (SSSR count). The minimum Gasteiger partial charge on any atom is -0.339 e. The molecule has 1 aliphatic rings. The number of rotatable bonds is 4. The van der Waals surface area contributed by atoms with Crippen molar-refractivity contribution in [3.8, 4) is 5.82 Å². The summed E-state index contributed by atoms with van der Waals surface area (Å²) < 4.78 is 4.10. The first-order chi connectivity index (χ1) is 13.6. The fraction of sp³-hybridized carbons (Fsp3) is 0.300. The maximum absolute atomic E-state index is 12.6. The molecule has 1 amide bonds. The van der Waals surface area contributed by atoms with Gasteiger partial charge in [0.2, 0.25) is 0 Å². The molecule has 3 heterocycles. The lowest BCUT2D eigenvalue weighted by Gasteiger charge is -2.32. The molecule has 3 aromatic rings. The number of benzene rings is 1. The maximum Gasteiger partial charge on any atom is 0.266 e. The van der Waals surface area contributed by atoms with Gasteiger partial charge in [-0.2, -0.15) is 5.10 Å². The van der Waals surface area contributed by atoms with Gasteiger partial charge < -0.3 is 4.90 Å². The minimum absolute atomic E-state index is 0.0573. The van der Waals surface area contributed by atoms with E-state index in [1.54, 1.807) is 23.1 Å². The van der Waals surface area contributed by atoms with Crippen molar-refractivity contribution >= 4 is 21.8 Å². The van der Waals surface area contributed by atoms with Crippen LogP contribution in [0.15, 0.2) is 64.1 Å². The average Bonchev–Trinajstić information content (AvgIpc) is 3.25. The van der Waals surface area contributed by atoms with E-state index in [9.17, 15) is 9.59 Å². The quantitative estimate of drug-likeness (QED) is 0.623. The van der Waals surface area contributed by atoms with E-state index in [1.165, 1.54) is 10.7 Å². The molecule has 1 saturated heterocycles. The van der Waals surface area contributed by atoms with Crippen molar-refractivity contribution in [3.63, 3.8) is 0 Å². The minimum atomic E-state index is -0.121. The lowest BCUT2D eigenvalue weighted by molar-refractivity contribution is 0.0680. The second kappa shape index (κ2) is 8.10. The molecular formula is C20H20BrN5O2. The van der Waals surface area contributed by atoms with Gasteiger partial charge in [0.25, 0.3) is 11.5 Å². The standard InChI is InChI=1S/C20H20BrN5O2/c21-17-4-2-16(3-5-17)20(28)24-12-8-15(9-13-24)14-26-19(27)7-6-18(23-26)25-11-1-10-22-25/h1-7,10-11,15H,8-9,12-14H2. The molecule has 144 valence electrons. The molecule has 0 N–H and O–H groups in total. The molecule has 0 radical (unpaired) electrons. The Balaban J connectivity index is 1.39. The molecule has 7 nitrogen and oxygen atoms in total. The second-order valence-corrected chi connectivity index (χ2v) is 7.82. The van der Waals surface area contributed by atoms with Crippen LogP contribution in [-0.4, -0.2) is 43.5 Å². The highest BCUT2D eigenvalue weighted by atomic mass is 79.9. The number of piperidine rings is 1. The van der Waals surface area contributed by atoms with Crippen LogP contribution in [0.4, 0.5) is 0 Å². The van der Waals surface area contributed by atoms with Gasteiger partial charge in [-0.25, -0.2) is 9.36 Å². The monoisotopic (exact) mass is 441 g/mol. The summed E-state index contributed by atoms with van der Waals surface area (Å²) in [7, 11) is 0. The number of likely N-dealkylation sites (tertiary alicyclic amines) is 1. The van der Waals surface area contributed by atoms with Crippen molar-refractivity contribution in [2.45, 2.75) is 19.4 Å². The zero-order chi connectivity index (χ0) is 19.5. The maximum atomic E-state index is 12.6. The molecule has 0 spiro atoms. The third kappa shape index (κ3) is 4.06. The Morgan fingerprint density at radius 1 is 1.11 bits per heavy atom. The Kier molecular flexibility index (Phi) is 5.38. The van der Waals surface area contributed by atoms with Gasteiger partial charge in [0.05, 0.1) is 0 Å². The van der Waals surface area contributed by atoms with E-state index in [0.717, 1.165) is 17.3 Å². The Bertz CT molecular complexity index is 1010. The summed E-state index contributed by atoms with van der Waals surface area (Å²) in [4.78, 5) is 26.7. The number of carbonyl (C=O) groups is 1. The highest BCUT2D eigenvalue weighted by Crippen LogP contribution is 2.21. The molecule has 2 aromatic heterocycles. The van der Waals surface area contributed by atoms with E-state index in [2.05, 4.69) is 26.1 Å². The summed E-state index contributed by atoms with van der Waals surface area (Å²) in [6.45, 7) is 1.93. The number of hydrogen-bond acceptors (Lipinski definition) is 4. The van der Waals surface area contributed by atoms with Crippen molar-refractivity contribution in [2.75, 3.05) is 13.1 Å². The predicted octanol–water partition coefficient (Wildman–Crippen LogP) is 2.74. The van der Waals surface area contributed by atoms with Crippen LogP contribution in [0.2, 0.25) is 0 Å². The SMILES string of the molecule is O=C(c1ccc(Br)cc1)N1CCC(Cn2nc(-n3cccn3)ccc2=O)CC1. The average molecular weight is 442 g/mol. The van der Waals surface area contributed by atoms with Crippen molar-refractivity contribution in [1.82, 2.24) is 24.5 Å². The third-order valence-corrected chi connectivity index (χ3v) is 5.54. The van der Waals surface area contributed by atoms with Crippen molar-refractivity contribution in [3.05, 3.63) is 75.2 Å². The number of carbonyl (C=O) groups excluding carboxylic acids is 1. The van der Waals surface area contributed by atoms with Crippen LogP contribution in [0, 0.1) is 5.92 Å². The van der Waals surface area contributed by atoms with E-state index in [1.807, 2.05) is 35.2 Å². The van der Waals surface area contributed by atoms with Gasteiger partial charge in [-0.05, 0) is 55.2 Å². The first kappa shape index (κ1) is 18.6. The zero-order valence-electron chi connectivity index (χ0n) is 15.2. The molecule has 1 fully saturated rings. The fourth-order valence-electron chi connectivity index (χ4n) is 3.43. The van der Waals surface area contributed by atoms with Gasteiger partial charge in [0, 0.05) is 48.1 Å². The van der Waals surface area contributed by atoms with Crippen molar-refractivity contribution in [1.29, 1.82) is 0 Å². The third-order valence-electron chi connectivity index (χ3n) is 5.02. The second-order valence-electron chi connectivity index (χ2n) is 6.90. The highest BCUT2D eigenvalue weighted by molar-refractivity contribution is 9.10. The predicted molar refractivity (Wildman–Crippen MR) is 108 cm³/mol. The summed E-state index contributed by atoms with van der Waals surface area (Å²) in [5.41, 5.74) is 0.579. The van der Waals surface area contributed by atoms with E-state index in [0.29, 0.717) is 36.9 Å². The van der Waals surface area contributed by atoms with Crippen LogP contribution in [-0.2, 0) is 6.54 Å². The molecule has 0 saturated carbocycles. The summed E-state index contributed by atoms with van der Waals surface area (Å²) in [5.74, 6) is 0.987. The molecule has 1 aliphatic heterocycles. The van der Waals surface area contributed by atoms with Crippen LogP contribution in [0.3, 0.4) is 0 Å². The molecule has 28 heavy (non-hydrogen) atoms. The molecular weight excluding hydrogens is 422 g/mol. The molecule has 1 aromatic carbocycles. The molecule has 0 aliphatic carbocycles. The smallest absolute Gasteiger partial charge is 0.266 e.